The molecule has 2 aromatic rings. The smallest absolute Gasteiger partial charge is 0.247 e. The molecule has 1 heterocycles. The number of carbonyl (C=O) groups excluding carboxylic acids is 3. The zero-order valence-corrected chi connectivity index (χ0v) is 22.5. The summed E-state index contributed by atoms with van der Waals surface area (Å²) < 4.78 is 10.2. The number of hydrogen-bond donors (Lipinski definition) is 2. The van der Waals surface area contributed by atoms with Gasteiger partial charge in [0.05, 0.1) is 7.11 Å². The van der Waals surface area contributed by atoms with Gasteiger partial charge >= 0.3 is 0 Å². The van der Waals surface area contributed by atoms with Gasteiger partial charge in [0.25, 0.3) is 0 Å². The highest BCUT2D eigenvalue weighted by atomic mass is 16.5. The Morgan fingerprint density at radius 3 is 2.33 bits per heavy atom. The molecule has 3 amide bonds. The molecule has 2 rings (SSSR count). The summed E-state index contributed by atoms with van der Waals surface area (Å²) in [6.45, 7) is 12.1. The van der Waals surface area contributed by atoms with Crippen molar-refractivity contribution in [3.8, 4) is 5.75 Å². The number of nitrogens with one attached hydrogen (secondary N) is 2. The van der Waals surface area contributed by atoms with E-state index in [4.69, 9.17) is 9.26 Å². The van der Waals surface area contributed by atoms with E-state index in [2.05, 4.69) is 29.6 Å². The quantitative estimate of drug-likeness (QED) is 0.414. The molecule has 0 aliphatic rings. The number of methoxy groups -OCH3 is 1. The van der Waals surface area contributed by atoms with Crippen molar-refractivity contribution < 1.29 is 23.6 Å². The van der Waals surface area contributed by atoms with Crippen LogP contribution in [0.4, 0.5) is 5.82 Å². The zero-order valence-electron chi connectivity index (χ0n) is 22.5. The third-order valence-electron chi connectivity index (χ3n) is 6.07. The third kappa shape index (κ3) is 8.70. The SMILES string of the molecule is CCC(C)(C)NC(=O)C(c1ccc(OC)cc1)N(CCC(C)C)C(=O)CCC(=O)Nc1cc(C)on1. The van der Waals surface area contributed by atoms with Crippen LogP contribution < -0.4 is 15.4 Å². The number of ether oxygens (including phenoxy) is 1. The summed E-state index contributed by atoms with van der Waals surface area (Å²) in [6.07, 6.45) is 1.36. The number of rotatable bonds is 13. The van der Waals surface area contributed by atoms with Crippen LogP contribution in [0.25, 0.3) is 0 Å². The Morgan fingerprint density at radius 2 is 1.81 bits per heavy atom. The molecular formula is C27H40N4O5. The molecule has 0 spiro atoms. The number of nitrogens with zero attached hydrogens (tertiary/aromatic N) is 2. The van der Waals surface area contributed by atoms with Crippen LogP contribution in [0.15, 0.2) is 34.9 Å². The monoisotopic (exact) mass is 500 g/mol. The highest BCUT2D eigenvalue weighted by molar-refractivity contribution is 5.94. The Labute approximate surface area is 213 Å². The molecule has 198 valence electrons. The molecule has 0 aliphatic carbocycles. The molecule has 0 bridgehead atoms. The van der Waals surface area contributed by atoms with Crippen LogP contribution in [0.5, 0.6) is 5.75 Å². The molecule has 9 heteroatoms. The number of benzene rings is 1. The van der Waals surface area contributed by atoms with Crippen molar-refractivity contribution in [1.82, 2.24) is 15.4 Å². The lowest BCUT2D eigenvalue weighted by Crippen LogP contribution is -2.50. The third-order valence-corrected chi connectivity index (χ3v) is 6.07. The number of hydrogen-bond acceptors (Lipinski definition) is 6. The molecule has 0 aliphatic heterocycles. The Balaban J connectivity index is 2.30. The average molecular weight is 501 g/mol. The standard InChI is InChI=1S/C27H40N4O5/c1-8-27(5,6)29-26(34)25(20-9-11-21(35-7)12-10-20)31(16-15-18(2)3)24(33)14-13-23(32)28-22-17-19(4)36-30-22/h9-12,17-18,25H,8,13-16H2,1-7H3,(H,29,34)(H,28,30,32). The fourth-order valence-corrected chi connectivity index (χ4v) is 3.54. The molecule has 1 aromatic carbocycles. The Kier molecular flexibility index (Phi) is 10.5. The topological polar surface area (TPSA) is 114 Å². The van der Waals surface area contributed by atoms with E-state index in [-0.39, 0.29) is 30.6 Å². The minimum atomic E-state index is -0.839. The largest absolute Gasteiger partial charge is 0.497 e. The van der Waals surface area contributed by atoms with Crippen molar-refractivity contribution in [3.05, 3.63) is 41.7 Å². The summed E-state index contributed by atoms with van der Waals surface area (Å²) in [7, 11) is 1.58. The van der Waals surface area contributed by atoms with E-state index in [1.165, 1.54) is 0 Å². The van der Waals surface area contributed by atoms with Crippen LogP contribution in [0.1, 0.15) is 77.7 Å². The molecule has 0 saturated heterocycles. The van der Waals surface area contributed by atoms with E-state index >= 15 is 0 Å². The van der Waals surface area contributed by atoms with Gasteiger partial charge in [-0.05, 0) is 57.2 Å². The highest BCUT2D eigenvalue weighted by Gasteiger charge is 2.34. The van der Waals surface area contributed by atoms with Gasteiger partial charge in [0.1, 0.15) is 17.6 Å². The molecule has 0 fully saturated rings. The lowest BCUT2D eigenvalue weighted by atomic mass is 9.97. The fourth-order valence-electron chi connectivity index (χ4n) is 3.54. The zero-order chi connectivity index (χ0) is 26.9. The second-order valence-electron chi connectivity index (χ2n) is 10.0. The number of aryl methyl sites for hydroxylation is 1. The number of amides is 3. The lowest BCUT2D eigenvalue weighted by Gasteiger charge is -2.35. The molecule has 1 aromatic heterocycles. The lowest BCUT2D eigenvalue weighted by molar-refractivity contribution is -0.142. The summed E-state index contributed by atoms with van der Waals surface area (Å²) in [6, 6.07) is 7.93. The summed E-state index contributed by atoms with van der Waals surface area (Å²) in [5.74, 6) is 0.984. The van der Waals surface area contributed by atoms with E-state index in [1.807, 2.05) is 20.8 Å². The van der Waals surface area contributed by atoms with Crippen LogP contribution in [-0.4, -0.2) is 47.0 Å². The van der Waals surface area contributed by atoms with E-state index in [9.17, 15) is 14.4 Å². The highest BCUT2D eigenvalue weighted by Crippen LogP contribution is 2.27. The van der Waals surface area contributed by atoms with Crippen molar-refractivity contribution in [2.24, 2.45) is 5.92 Å². The molecule has 9 nitrogen and oxygen atoms in total. The first kappa shape index (κ1) is 28.9. The Hall–Kier alpha value is -3.36. The predicted molar refractivity (Wildman–Crippen MR) is 139 cm³/mol. The first-order valence-corrected chi connectivity index (χ1v) is 12.4. The van der Waals surface area contributed by atoms with Crippen molar-refractivity contribution in [2.75, 3.05) is 19.0 Å². The van der Waals surface area contributed by atoms with Crippen LogP contribution in [0, 0.1) is 12.8 Å². The maximum atomic E-state index is 13.6. The fraction of sp³-hybridized carbons (Fsp3) is 0.556. The maximum absolute atomic E-state index is 13.6. The summed E-state index contributed by atoms with van der Waals surface area (Å²) in [5.41, 5.74) is 0.240. The molecule has 0 radical (unpaired) electrons. The first-order chi connectivity index (χ1) is 17.0. The van der Waals surface area contributed by atoms with Gasteiger partial charge in [0.15, 0.2) is 5.82 Å². The summed E-state index contributed by atoms with van der Waals surface area (Å²) >= 11 is 0. The molecular weight excluding hydrogens is 460 g/mol. The minimum Gasteiger partial charge on any atom is -0.497 e. The average Bonchev–Trinajstić information content (AvgIpc) is 3.24. The molecule has 0 saturated carbocycles. The second-order valence-corrected chi connectivity index (χ2v) is 10.0. The number of carbonyl (C=O) groups is 3. The molecule has 1 unspecified atom stereocenters. The van der Waals surface area contributed by atoms with Crippen molar-refractivity contribution in [1.29, 1.82) is 0 Å². The minimum absolute atomic E-state index is 0.0413. The van der Waals surface area contributed by atoms with Crippen LogP contribution in [0.2, 0.25) is 0 Å². The van der Waals surface area contributed by atoms with Gasteiger partial charge in [-0.15, -0.1) is 0 Å². The van der Waals surface area contributed by atoms with E-state index in [1.54, 1.807) is 49.3 Å². The summed E-state index contributed by atoms with van der Waals surface area (Å²) in [4.78, 5) is 41.1. The molecule has 1 atom stereocenters. The van der Waals surface area contributed by atoms with E-state index < -0.39 is 11.6 Å². The van der Waals surface area contributed by atoms with Crippen molar-refractivity contribution in [2.45, 2.75) is 78.8 Å². The van der Waals surface area contributed by atoms with E-state index in [0.717, 1.165) is 6.42 Å². The van der Waals surface area contributed by atoms with Crippen LogP contribution in [0.3, 0.4) is 0 Å². The van der Waals surface area contributed by atoms with Crippen LogP contribution >= 0.6 is 0 Å². The number of aromatic nitrogens is 1. The number of anilines is 1. The molecule has 36 heavy (non-hydrogen) atoms. The van der Waals surface area contributed by atoms with Gasteiger partial charge in [-0.1, -0.05) is 38.1 Å². The second kappa shape index (κ2) is 13.1. The van der Waals surface area contributed by atoms with Crippen molar-refractivity contribution >= 4 is 23.5 Å². The van der Waals surface area contributed by atoms with Crippen LogP contribution in [-0.2, 0) is 14.4 Å². The molecule has 2 N–H and O–H groups in total. The van der Waals surface area contributed by atoms with Gasteiger partial charge in [-0.2, -0.15) is 0 Å². The normalized spacial score (nSPS) is 12.2. The van der Waals surface area contributed by atoms with E-state index in [0.29, 0.717) is 41.8 Å². The Morgan fingerprint density at radius 1 is 1.14 bits per heavy atom. The predicted octanol–water partition coefficient (Wildman–Crippen LogP) is 4.63. The van der Waals surface area contributed by atoms with Gasteiger partial charge in [-0.3, -0.25) is 14.4 Å². The van der Waals surface area contributed by atoms with Gasteiger partial charge in [0.2, 0.25) is 17.7 Å². The maximum Gasteiger partial charge on any atom is 0.247 e. The Bertz CT molecular complexity index is 1010. The van der Waals surface area contributed by atoms with Crippen molar-refractivity contribution in [3.63, 3.8) is 0 Å². The van der Waals surface area contributed by atoms with Gasteiger partial charge < -0.3 is 24.8 Å². The first-order valence-electron chi connectivity index (χ1n) is 12.4. The van der Waals surface area contributed by atoms with Gasteiger partial charge in [0, 0.05) is 31.0 Å². The van der Waals surface area contributed by atoms with Gasteiger partial charge in [-0.25, -0.2) is 0 Å². The summed E-state index contributed by atoms with van der Waals surface area (Å²) in [5, 5.41) is 9.48.